The summed E-state index contributed by atoms with van der Waals surface area (Å²) < 4.78 is 2.69. The van der Waals surface area contributed by atoms with Gasteiger partial charge in [-0.2, -0.15) is 0 Å². The molecule has 0 aromatic heterocycles. The van der Waals surface area contributed by atoms with E-state index in [4.69, 9.17) is 5.73 Å². The average Bonchev–Trinajstić information content (AvgIpc) is 1.94. The van der Waals surface area contributed by atoms with E-state index in [9.17, 15) is 0 Å². The van der Waals surface area contributed by atoms with Gasteiger partial charge in [0.2, 0.25) is 0 Å². The molecule has 0 unspecified atom stereocenters. The van der Waals surface area contributed by atoms with Gasteiger partial charge < -0.3 is 0 Å². The first-order chi connectivity index (χ1) is 4.84. The first-order valence-corrected chi connectivity index (χ1v) is 6.13. The molecule has 0 saturated carbocycles. The SMILES string of the molecule is CC[Te]c1ccccc1N. The second-order valence-corrected chi connectivity index (χ2v) is 5.70. The fourth-order valence-electron chi connectivity index (χ4n) is 0.767. The van der Waals surface area contributed by atoms with E-state index in [0.717, 1.165) is 5.69 Å². The predicted molar refractivity (Wildman–Crippen MR) is 46.7 cm³/mol. The molecule has 1 nitrogen and oxygen atoms in total. The van der Waals surface area contributed by atoms with E-state index in [2.05, 4.69) is 19.1 Å². The molecule has 0 aliphatic heterocycles. The number of hydrogen-bond donors (Lipinski definition) is 1. The van der Waals surface area contributed by atoms with E-state index in [-0.39, 0.29) is 20.9 Å². The van der Waals surface area contributed by atoms with Crippen LogP contribution in [0.15, 0.2) is 24.3 Å². The van der Waals surface area contributed by atoms with Crippen molar-refractivity contribution < 1.29 is 0 Å². The number of rotatable bonds is 2. The van der Waals surface area contributed by atoms with Gasteiger partial charge in [-0.15, -0.1) is 0 Å². The number of benzene rings is 1. The summed E-state index contributed by atoms with van der Waals surface area (Å²) in [6, 6.07) is 8.17. The Bertz CT molecular complexity index is 210. The predicted octanol–water partition coefficient (Wildman–Crippen LogP) is 1.04. The third-order valence-electron chi connectivity index (χ3n) is 1.22. The molecule has 1 rings (SSSR count). The first-order valence-electron chi connectivity index (χ1n) is 3.32. The number of para-hydroxylation sites is 1. The quantitative estimate of drug-likeness (QED) is 0.614. The van der Waals surface area contributed by atoms with Crippen LogP contribution >= 0.6 is 0 Å². The summed E-state index contributed by atoms with van der Waals surface area (Å²) >= 11 is 0.0183. The molecule has 54 valence electrons. The molecule has 1 aromatic rings. The Labute approximate surface area is 71.7 Å². The van der Waals surface area contributed by atoms with Crippen LogP contribution in [0.2, 0.25) is 4.47 Å². The van der Waals surface area contributed by atoms with Crippen molar-refractivity contribution in [2.45, 2.75) is 11.4 Å². The molecular weight excluding hydrogens is 238 g/mol. The van der Waals surface area contributed by atoms with E-state index in [1.54, 1.807) is 0 Å². The molecule has 0 spiro atoms. The summed E-state index contributed by atoms with van der Waals surface area (Å²) in [6.07, 6.45) is 0. The van der Waals surface area contributed by atoms with E-state index < -0.39 is 0 Å². The van der Waals surface area contributed by atoms with Crippen molar-refractivity contribution in [3.63, 3.8) is 0 Å². The van der Waals surface area contributed by atoms with Crippen LogP contribution in [-0.4, -0.2) is 20.9 Å². The van der Waals surface area contributed by atoms with Crippen LogP contribution in [0.1, 0.15) is 6.92 Å². The molecule has 0 atom stereocenters. The topological polar surface area (TPSA) is 26.0 Å². The van der Waals surface area contributed by atoms with Gasteiger partial charge >= 0.3 is 71.6 Å². The van der Waals surface area contributed by atoms with Crippen molar-refractivity contribution in [2.75, 3.05) is 5.73 Å². The normalized spacial score (nSPS) is 9.70. The Balaban J connectivity index is 2.81. The molecular formula is C8H11NTe. The minimum absolute atomic E-state index is 0.0183. The van der Waals surface area contributed by atoms with Crippen molar-refractivity contribution in [3.8, 4) is 0 Å². The Kier molecular flexibility index (Phi) is 3.05. The molecule has 10 heavy (non-hydrogen) atoms. The van der Waals surface area contributed by atoms with Gasteiger partial charge in [-0.3, -0.25) is 0 Å². The van der Waals surface area contributed by atoms with Crippen LogP contribution in [0.4, 0.5) is 5.69 Å². The van der Waals surface area contributed by atoms with Crippen LogP contribution in [0.5, 0.6) is 0 Å². The second-order valence-electron chi connectivity index (χ2n) is 1.97. The molecule has 2 N–H and O–H groups in total. The van der Waals surface area contributed by atoms with Crippen molar-refractivity contribution in [3.05, 3.63) is 24.3 Å². The molecule has 0 saturated heterocycles. The summed E-state index contributed by atoms with van der Waals surface area (Å²) in [5.74, 6) is 0. The van der Waals surface area contributed by atoms with Crippen LogP contribution < -0.4 is 9.35 Å². The number of nitrogens with two attached hydrogens (primary N) is 1. The van der Waals surface area contributed by atoms with Gasteiger partial charge in [-0.1, -0.05) is 0 Å². The monoisotopic (exact) mass is 251 g/mol. The minimum atomic E-state index is 0.0183. The van der Waals surface area contributed by atoms with Gasteiger partial charge in [0, 0.05) is 0 Å². The zero-order valence-corrected chi connectivity index (χ0v) is 8.33. The average molecular weight is 249 g/mol. The van der Waals surface area contributed by atoms with Gasteiger partial charge in [0.05, 0.1) is 0 Å². The van der Waals surface area contributed by atoms with Gasteiger partial charge in [0.15, 0.2) is 0 Å². The van der Waals surface area contributed by atoms with Gasteiger partial charge in [0.1, 0.15) is 0 Å². The Morgan fingerprint density at radius 1 is 1.40 bits per heavy atom. The molecule has 0 amide bonds. The maximum absolute atomic E-state index is 5.74. The summed E-state index contributed by atoms with van der Waals surface area (Å²) in [6.45, 7) is 2.22. The zero-order valence-electron chi connectivity index (χ0n) is 6.00. The fraction of sp³-hybridized carbons (Fsp3) is 0.250. The van der Waals surface area contributed by atoms with Crippen LogP contribution in [0.25, 0.3) is 0 Å². The van der Waals surface area contributed by atoms with Gasteiger partial charge in [-0.05, 0) is 0 Å². The number of hydrogen-bond acceptors (Lipinski definition) is 1. The van der Waals surface area contributed by atoms with Crippen LogP contribution in [0, 0.1) is 0 Å². The zero-order chi connectivity index (χ0) is 7.40. The summed E-state index contributed by atoms with van der Waals surface area (Å²) in [5, 5.41) is 0. The maximum atomic E-state index is 5.74. The molecule has 0 radical (unpaired) electrons. The first kappa shape index (κ1) is 7.91. The second kappa shape index (κ2) is 3.85. The number of anilines is 1. The molecule has 0 fully saturated rings. The van der Waals surface area contributed by atoms with Gasteiger partial charge in [0.25, 0.3) is 0 Å². The van der Waals surface area contributed by atoms with E-state index in [1.165, 1.54) is 8.08 Å². The van der Waals surface area contributed by atoms with Crippen molar-refractivity contribution >= 4 is 30.2 Å². The van der Waals surface area contributed by atoms with Crippen molar-refractivity contribution in [1.82, 2.24) is 0 Å². The number of nitrogen functional groups attached to an aromatic ring is 1. The molecule has 0 aliphatic rings. The molecule has 0 aliphatic carbocycles. The van der Waals surface area contributed by atoms with Crippen LogP contribution in [-0.2, 0) is 0 Å². The third kappa shape index (κ3) is 1.90. The van der Waals surface area contributed by atoms with Crippen molar-refractivity contribution in [2.24, 2.45) is 0 Å². The standard InChI is InChI=1S/C8H11NTe/c1-2-10-8-6-4-3-5-7(8)9/h3-6H,2,9H2,1H3. The summed E-state index contributed by atoms with van der Waals surface area (Å²) in [7, 11) is 0. The Morgan fingerprint density at radius 2 is 2.10 bits per heavy atom. The molecule has 1 aromatic carbocycles. The summed E-state index contributed by atoms with van der Waals surface area (Å²) in [4.78, 5) is 0. The van der Waals surface area contributed by atoms with Crippen molar-refractivity contribution in [1.29, 1.82) is 0 Å². The molecule has 2 heteroatoms. The third-order valence-corrected chi connectivity index (χ3v) is 3.99. The summed E-state index contributed by atoms with van der Waals surface area (Å²) in [5.41, 5.74) is 6.72. The van der Waals surface area contributed by atoms with E-state index in [1.807, 2.05) is 12.1 Å². The fourth-order valence-corrected chi connectivity index (χ4v) is 2.82. The Hall–Kier alpha value is -0.190. The Morgan fingerprint density at radius 3 is 2.70 bits per heavy atom. The van der Waals surface area contributed by atoms with E-state index >= 15 is 0 Å². The molecule has 0 heterocycles. The van der Waals surface area contributed by atoms with E-state index in [0.29, 0.717) is 0 Å². The van der Waals surface area contributed by atoms with Crippen LogP contribution in [0.3, 0.4) is 0 Å². The molecule has 0 bridgehead atoms. The van der Waals surface area contributed by atoms with Gasteiger partial charge in [-0.25, -0.2) is 0 Å².